The van der Waals surface area contributed by atoms with E-state index in [2.05, 4.69) is 28.8 Å². The minimum atomic E-state index is 0.859. The molecule has 0 amide bonds. The van der Waals surface area contributed by atoms with Gasteiger partial charge in [0.15, 0.2) is 0 Å². The Bertz CT molecular complexity index is 473. The second-order valence-corrected chi connectivity index (χ2v) is 4.02. The molecule has 0 saturated carbocycles. The topological polar surface area (TPSA) is 62.6 Å². The van der Waals surface area contributed by atoms with Crippen LogP contribution < -0.4 is 26.4 Å². The highest BCUT2D eigenvalue weighted by molar-refractivity contribution is 5.55. The molecule has 0 heterocycles. The molecule has 5 heteroatoms. The second kappa shape index (κ2) is 8.79. The predicted octanol–water partition coefficient (Wildman–Crippen LogP) is 2.24. The number of nitrogens with two attached hydrogens (primary N) is 1. The third kappa shape index (κ3) is 5.17. The van der Waals surface area contributed by atoms with Crippen LogP contribution in [0.5, 0.6) is 5.75 Å². The minimum absolute atomic E-state index is 0.859. The lowest BCUT2D eigenvalue weighted by molar-refractivity contribution is 0.415. The van der Waals surface area contributed by atoms with Gasteiger partial charge in [0.1, 0.15) is 5.75 Å². The Balaban J connectivity index is 0.000000612. The summed E-state index contributed by atoms with van der Waals surface area (Å²) in [6, 6.07) is 18.0. The Morgan fingerprint density at radius 1 is 1.00 bits per heavy atom. The first-order chi connectivity index (χ1) is 9.71. The average Bonchev–Trinajstić information content (AvgIpc) is 2.50. The molecule has 0 spiro atoms. The molecule has 0 atom stereocenters. The van der Waals surface area contributed by atoms with Crippen molar-refractivity contribution < 1.29 is 4.74 Å². The highest BCUT2D eigenvalue weighted by Crippen LogP contribution is 2.17. The van der Waals surface area contributed by atoms with Gasteiger partial charge in [0.05, 0.1) is 18.5 Å². The van der Waals surface area contributed by atoms with Crippen molar-refractivity contribution in [1.82, 2.24) is 5.43 Å². The molecular formula is C15H22N4O. The van der Waals surface area contributed by atoms with Gasteiger partial charge in [-0.25, -0.2) is 0 Å². The molecular weight excluding hydrogens is 252 g/mol. The zero-order valence-corrected chi connectivity index (χ0v) is 12.1. The molecule has 2 aromatic rings. The summed E-state index contributed by atoms with van der Waals surface area (Å²) >= 11 is 0. The van der Waals surface area contributed by atoms with Crippen molar-refractivity contribution in [2.75, 3.05) is 31.6 Å². The molecule has 2 aromatic carbocycles. The molecule has 4 N–H and O–H groups in total. The summed E-state index contributed by atoms with van der Waals surface area (Å²) in [7, 11) is 5.30. The van der Waals surface area contributed by atoms with Gasteiger partial charge in [0.25, 0.3) is 0 Å². The van der Waals surface area contributed by atoms with Gasteiger partial charge in [-0.1, -0.05) is 18.2 Å². The lowest BCUT2D eigenvalue weighted by Crippen LogP contribution is -2.24. The number of hydrogen-bond acceptors (Lipinski definition) is 5. The summed E-state index contributed by atoms with van der Waals surface area (Å²) < 4.78 is 5.12. The van der Waals surface area contributed by atoms with Crippen LogP contribution in [0.1, 0.15) is 0 Å². The highest BCUT2D eigenvalue weighted by atomic mass is 16.5. The zero-order chi connectivity index (χ0) is 14.8. The Hall–Kier alpha value is -2.24. The third-order valence-electron chi connectivity index (χ3n) is 2.53. The van der Waals surface area contributed by atoms with Gasteiger partial charge in [-0.15, -0.1) is 0 Å². The third-order valence-corrected chi connectivity index (χ3v) is 2.53. The van der Waals surface area contributed by atoms with Crippen molar-refractivity contribution in [1.29, 1.82) is 0 Å². The van der Waals surface area contributed by atoms with E-state index in [9.17, 15) is 0 Å². The highest BCUT2D eigenvalue weighted by Gasteiger charge is 1.99. The van der Waals surface area contributed by atoms with Crippen LogP contribution >= 0.6 is 0 Å². The maximum atomic E-state index is 5.12. The van der Waals surface area contributed by atoms with Crippen LogP contribution in [0.25, 0.3) is 0 Å². The van der Waals surface area contributed by atoms with Crippen LogP contribution in [0.2, 0.25) is 0 Å². The first kappa shape index (κ1) is 15.8. The van der Waals surface area contributed by atoms with Gasteiger partial charge >= 0.3 is 0 Å². The summed E-state index contributed by atoms with van der Waals surface area (Å²) in [6.07, 6.45) is 0. The van der Waals surface area contributed by atoms with Crippen molar-refractivity contribution >= 4 is 11.4 Å². The lowest BCUT2D eigenvalue weighted by Gasteiger charge is -2.21. The monoisotopic (exact) mass is 274 g/mol. The number of benzene rings is 2. The predicted molar refractivity (Wildman–Crippen MR) is 84.7 cm³/mol. The molecule has 0 aliphatic carbocycles. The quantitative estimate of drug-likeness (QED) is 0.589. The summed E-state index contributed by atoms with van der Waals surface area (Å²) in [4.78, 5) is 0. The number of nitrogens with zero attached hydrogens (tertiary/aromatic N) is 1. The zero-order valence-electron chi connectivity index (χ0n) is 12.1. The molecule has 0 unspecified atom stereocenters. The SMILES string of the molecule is CNN.COc1ccc(NN(C)c2ccccc2)cc1. The van der Waals surface area contributed by atoms with Crippen LogP contribution in [-0.4, -0.2) is 21.2 Å². The second-order valence-electron chi connectivity index (χ2n) is 4.02. The van der Waals surface area contributed by atoms with E-state index in [0.717, 1.165) is 17.1 Å². The van der Waals surface area contributed by atoms with Gasteiger partial charge < -0.3 is 4.74 Å². The lowest BCUT2D eigenvalue weighted by atomic mass is 10.3. The van der Waals surface area contributed by atoms with Crippen LogP contribution in [0, 0.1) is 0 Å². The Morgan fingerprint density at radius 2 is 1.55 bits per heavy atom. The number of rotatable bonds is 4. The van der Waals surface area contributed by atoms with E-state index < -0.39 is 0 Å². The molecule has 2 rings (SSSR count). The van der Waals surface area contributed by atoms with Crippen molar-refractivity contribution in [2.24, 2.45) is 5.84 Å². The fraction of sp³-hybridized carbons (Fsp3) is 0.200. The maximum absolute atomic E-state index is 5.12. The molecule has 5 nitrogen and oxygen atoms in total. The smallest absolute Gasteiger partial charge is 0.119 e. The van der Waals surface area contributed by atoms with Gasteiger partial charge in [-0.05, 0) is 43.4 Å². The number of ether oxygens (including phenoxy) is 1. The molecule has 0 fully saturated rings. The van der Waals surface area contributed by atoms with E-state index in [1.54, 1.807) is 14.2 Å². The summed E-state index contributed by atoms with van der Waals surface area (Å²) in [5.41, 5.74) is 7.68. The molecule has 108 valence electrons. The van der Waals surface area contributed by atoms with Crippen LogP contribution in [0.4, 0.5) is 11.4 Å². The molecule has 0 aliphatic rings. The molecule has 20 heavy (non-hydrogen) atoms. The fourth-order valence-corrected chi connectivity index (χ4v) is 1.58. The van der Waals surface area contributed by atoms with Crippen LogP contribution in [0.3, 0.4) is 0 Å². The van der Waals surface area contributed by atoms with E-state index in [1.165, 1.54) is 0 Å². The summed E-state index contributed by atoms with van der Waals surface area (Å²) in [5, 5.41) is 1.97. The maximum Gasteiger partial charge on any atom is 0.119 e. The van der Waals surface area contributed by atoms with Crippen molar-refractivity contribution in [3.05, 3.63) is 54.6 Å². The first-order valence-electron chi connectivity index (χ1n) is 6.28. The van der Waals surface area contributed by atoms with E-state index >= 15 is 0 Å². The number of para-hydroxylation sites is 1. The van der Waals surface area contributed by atoms with Crippen LogP contribution in [0.15, 0.2) is 54.6 Å². The normalized spacial score (nSPS) is 9.20. The van der Waals surface area contributed by atoms with Gasteiger partial charge in [-0.3, -0.25) is 21.7 Å². The van der Waals surface area contributed by atoms with Gasteiger partial charge in [0.2, 0.25) is 0 Å². The molecule has 0 aliphatic heterocycles. The van der Waals surface area contributed by atoms with Crippen molar-refractivity contribution in [3.8, 4) is 5.75 Å². The standard InChI is InChI=1S/C14H16N2O.CH6N2/c1-16(13-6-4-3-5-7-13)15-12-8-10-14(17-2)11-9-12;1-3-2/h3-11,15H,1-2H3;3H,2H2,1H3. The number of methoxy groups -OCH3 is 1. The van der Waals surface area contributed by atoms with E-state index in [4.69, 9.17) is 4.74 Å². The Morgan fingerprint density at radius 3 is 2.05 bits per heavy atom. The summed E-state index contributed by atoms with van der Waals surface area (Å²) in [6.45, 7) is 0. The largest absolute Gasteiger partial charge is 0.497 e. The molecule has 0 aromatic heterocycles. The first-order valence-corrected chi connectivity index (χ1v) is 6.28. The molecule has 0 saturated heterocycles. The van der Waals surface area contributed by atoms with E-state index in [1.807, 2.05) is 54.5 Å². The van der Waals surface area contributed by atoms with Crippen LogP contribution in [-0.2, 0) is 0 Å². The van der Waals surface area contributed by atoms with Gasteiger partial charge in [0, 0.05) is 7.05 Å². The van der Waals surface area contributed by atoms with E-state index in [0.29, 0.717) is 0 Å². The molecule has 0 radical (unpaired) electrons. The Kier molecular flexibility index (Phi) is 6.95. The number of hydrogen-bond donors (Lipinski definition) is 3. The summed E-state index contributed by atoms with van der Waals surface area (Å²) in [5.74, 6) is 5.46. The number of hydrazine groups is 2. The number of nitrogens with one attached hydrogen (secondary N) is 2. The molecule has 0 bridgehead atoms. The van der Waals surface area contributed by atoms with Crippen molar-refractivity contribution in [3.63, 3.8) is 0 Å². The van der Waals surface area contributed by atoms with Gasteiger partial charge in [-0.2, -0.15) is 0 Å². The van der Waals surface area contributed by atoms with Crippen molar-refractivity contribution in [2.45, 2.75) is 0 Å². The Labute approximate surface area is 120 Å². The fourth-order valence-electron chi connectivity index (χ4n) is 1.58. The minimum Gasteiger partial charge on any atom is -0.497 e. The van der Waals surface area contributed by atoms with E-state index in [-0.39, 0.29) is 0 Å². The average molecular weight is 274 g/mol. The number of anilines is 2.